The van der Waals surface area contributed by atoms with Gasteiger partial charge >= 0.3 is 0 Å². The molecule has 4 saturated carbocycles. The molecule has 4 aliphatic rings. The summed E-state index contributed by atoms with van der Waals surface area (Å²) in [4.78, 5) is 18.7. The summed E-state index contributed by atoms with van der Waals surface area (Å²) in [6.07, 6.45) is 8.28. The highest BCUT2D eigenvalue weighted by Gasteiger charge is 2.51. The van der Waals surface area contributed by atoms with Crippen molar-refractivity contribution in [3.63, 3.8) is 0 Å². The zero-order valence-corrected chi connectivity index (χ0v) is 18.2. The number of benzene rings is 1. The van der Waals surface area contributed by atoms with Gasteiger partial charge in [-0.1, -0.05) is 0 Å². The van der Waals surface area contributed by atoms with Gasteiger partial charge in [-0.3, -0.25) is 9.79 Å². The summed E-state index contributed by atoms with van der Waals surface area (Å²) in [5.74, 6) is 2.23. The van der Waals surface area contributed by atoms with Crippen LogP contribution in [0.25, 0.3) is 0 Å². The van der Waals surface area contributed by atoms with E-state index < -0.39 is 0 Å². The molecule has 4 fully saturated rings. The molecule has 1 N–H and O–H groups in total. The first-order chi connectivity index (χ1) is 13.5. The largest absolute Gasteiger partial charge is 0.326 e. The first-order valence-electron chi connectivity index (χ1n) is 10.2. The first-order valence-corrected chi connectivity index (χ1v) is 11.1. The Morgan fingerprint density at radius 2 is 1.76 bits per heavy atom. The maximum Gasteiger partial charge on any atom is 0.230 e. The minimum Gasteiger partial charge on any atom is -0.326 e. The summed E-state index contributed by atoms with van der Waals surface area (Å²) < 4.78 is 15.1. The molecule has 4 bridgehead atoms. The van der Waals surface area contributed by atoms with Gasteiger partial charge in [0.05, 0.1) is 12.0 Å². The Morgan fingerprint density at radius 1 is 1.17 bits per heavy atom. The minimum absolute atomic E-state index is 0. The number of amides is 1. The average molecular weight is 436 g/mol. The maximum atomic E-state index is 13.0. The van der Waals surface area contributed by atoms with Crippen LogP contribution >= 0.6 is 23.7 Å². The fourth-order valence-electron chi connectivity index (χ4n) is 5.97. The van der Waals surface area contributed by atoms with Crippen LogP contribution in [0.2, 0.25) is 0 Å². The standard InChI is InChI=1S/C22H26FN3OS.ClH/c1-26-19(9-20(27)24-18-4-2-17(23)3-5-18)13-28-21(26)25-22-10-14-6-15(11-22)8-16(7-14)12-22;/h2-5,13-16H,6-12H2,1H3,(H,24,27);1H. The molecule has 29 heavy (non-hydrogen) atoms. The van der Waals surface area contributed by atoms with Crippen molar-refractivity contribution in [2.45, 2.75) is 50.5 Å². The minimum atomic E-state index is -0.307. The molecule has 156 valence electrons. The number of hydrogen-bond donors (Lipinski definition) is 1. The highest BCUT2D eigenvalue weighted by molar-refractivity contribution is 7.07. The van der Waals surface area contributed by atoms with Crippen LogP contribution in [0.15, 0.2) is 34.6 Å². The molecule has 0 spiro atoms. The first kappa shape index (κ1) is 20.6. The van der Waals surface area contributed by atoms with Crippen LogP contribution in [0.4, 0.5) is 10.1 Å². The number of thiazole rings is 1. The molecule has 2 aromatic rings. The van der Waals surface area contributed by atoms with Gasteiger partial charge in [-0.15, -0.1) is 23.7 Å². The van der Waals surface area contributed by atoms with Crippen molar-refractivity contribution in [1.29, 1.82) is 0 Å². The van der Waals surface area contributed by atoms with E-state index in [4.69, 9.17) is 4.99 Å². The van der Waals surface area contributed by atoms with E-state index in [2.05, 4.69) is 9.88 Å². The number of hydrogen-bond acceptors (Lipinski definition) is 3. The molecule has 0 saturated heterocycles. The van der Waals surface area contributed by atoms with E-state index in [1.807, 2.05) is 12.4 Å². The fourth-order valence-corrected chi connectivity index (χ4v) is 6.98. The second kappa shape index (κ2) is 7.88. The van der Waals surface area contributed by atoms with Crippen molar-refractivity contribution in [1.82, 2.24) is 4.57 Å². The van der Waals surface area contributed by atoms with Gasteiger partial charge in [0.2, 0.25) is 5.91 Å². The van der Waals surface area contributed by atoms with Gasteiger partial charge in [-0.2, -0.15) is 0 Å². The molecular weight excluding hydrogens is 409 g/mol. The molecule has 7 heteroatoms. The molecule has 0 unspecified atom stereocenters. The van der Waals surface area contributed by atoms with E-state index in [0.29, 0.717) is 12.1 Å². The Hall–Kier alpha value is -1.66. The summed E-state index contributed by atoms with van der Waals surface area (Å²) >= 11 is 1.64. The van der Waals surface area contributed by atoms with Gasteiger partial charge < -0.3 is 9.88 Å². The molecule has 4 nitrogen and oxygen atoms in total. The summed E-state index contributed by atoms with van der Waals surface area (Å²) in [5.41, 5.74) is 1.72. The summed E-state index contributed by atoms with van der Waals surface area (Å²) in [7, 11) is 2.01. The summed E-state index contributed by atoms with van der Waals surface area (Å²) in [5, 5.41) is 4.88. The second-order valence-corrected chi connectivity index (χ2v) is 9.89. The van der Waals surface area contributed by atoms with Gasteiger partial charge in [0.1, 0.15) is 5.82 Å². The summed E-state index contributed by atoms with van der Waals surface area (Å²) in [6, 6.07) is 5.86. The third-order valence-electron chi connectivity index (χ3n) is 6.83. The normalized spacial score (nSPS) is 30.3. The average Bonchev–Trinajstić information content (AvgIpc) is 2.95. The highest BCUT2D eigenvalue weighted by Crippen LogP contribution is 2.57. The van der Waals surface area contributed by atoms with Crippen molar-refractivity contribution in [3.05, 3.63) is 46.0 Å². The van der Waals surface area contributed by atoms with E-state index in [1.165, 1.54) is 50.7 Å². The Balaban J connectivity index is 0.00000205. The smallest absolute Gasteiger partial charge is 0.230 e. The maximum absolute atomic E-state index is 13.0. The number of rotatable bonds is 4. The third kappa shape index (κ3) is 4.15. The van der Waals surface area contributed by atoms with Crippen molar-refractivity contribution >= 4 is 35.3 Å². The monoisotopic (exact) mass is 435 g/mol. The predicted molar refractivity (Wildman–Crippen MR) is 116 cm³/mol. The predicted octanol–water partition coefficient (Wildman–Crippen LogP) is 4.70. The molecule has 4 aliphatic carbocycles. The molecule has 0 aliphatic heterocycles. The van der Waals surface area contributed by atoms with E-state index in [1.54, 1.807) is 23.5 Å². The van der Waals surface area contributed by atoms with E-state index in [9.17, 15) is 9.18 Å². The third-order valence-corrected chi connectivity index (χ3v) is 7.79. The van der Waals surface area contributed by atoms with E-state index in [-0.39, 0.29) is 29.7 Å². The van der Waals surface area contributed by atoms with E-state index >= 15 is 0 Å². The van der Waals surface area contributed by atoms with Crippen LogP contribution in [0.3, 0.4) is 0 Å². The number of nitrogens with one attached hydrogen (secondary N) is 1. The van der Waals surface area contributed by atoms with Crippen LogP contribution in [0, 0.1) is 23.6 Å². The SMILES string of the molecule is Cl.Cn1c(CC(=O)Nc2ccc(F)cc2)csc1=NC12CC3CC(CC(C3)C1)C2. The Labute approximate surface area is 180 Å². The molecule has 1 aromatic carbocycles. The van der Waals surface area contributed by atoms with Crippen LogP contribution in [0.1, 0.15) is 44.2 Å². The molecule has 0 radical (unpaired) electrons. The second-order valence-electron chi connectivity index (χ2n) is 9.05. The highest BCUT2D eigenvalue weighted by atomic mass is 35.5. The molecule has 1 aromatic heterocycles. The number of aromatic nitrogens is 1. The number of carbonyl (C=O) groups is 1. The van der Waals surface area contributed by atoms with E-state index in [0.717, 1.165) is 28.2 Å². The van der Waals surface area contributed by atoms with Gasteiger partial charge in [0.15, 0.2) is 4.80 Å². The lowest BCUT2D eigenvalue weighted by molar-refractivity contribution is -0.115. The molecule has 6 rings (SSSR count). The Kier molecular flexibility index (Phi) is 5.60. The van der Waals surface area contributed by atoms with Crippen LogP contribution in [0.5, 0.6) is 0 Å². The fraction of sp³-hybridized carbons (Fsp3) is 0.545. The topological polar surface area (TPSA) is 46.4 Å². The number of anilines is 1. The zero-order chi connectivity index (χ0) is 19.3. The molecular formula is C22H27ClFN3OS. The van der Waals surface area contributed by atoms with Crippen LogP contribution in [-0.4, -0.2) is 16.0 Å². The number of carbonyl (C=O) groups excluding carboxylic acids is 1. The Morgan fingerprint density at radius 3 is 2.34 bits per heavy atom. The lowest BCUT2D eigenvalue weighted by Gasteiger charge is -2.54. The number of halogens is 2. The van der Waals surface area contributed by atoms with Crippen LogP contribution in [-0.2, 0) is 18.3 Å². The van der Waals surface area contributed by atoms with Crippen molar-refractivity contribution in [2.24, 2.45) is 29.8 Å². The van der Waals surface area contributed by atoms with Gasteiger partial charge in [-0.05, 0) is 80.5 Å². The zero-order valence-electron chi connectivity index (χ0n) is 16.6. The molecule has 0 atom stereocenters. The molecule has 1 heterocycles. The van der Waals surface area contributed by atoms with Gasteiger partial charge in [-0.25, -0.2) is 4.39 Å². The molecule has 1 amide bonds. The Bertz CT molecular complexity index is 930. The van der Waals surface area contributed by atoms with Gasteiger partial charge in [0, 0.05) is 23.8 Å². The number of nitrogens with zero attached hydrogens (tertiary/aromatic N) is 2. The lowest BCUT2D eigenvalue weighted by atomic mass is 9.53. The van der Waals surface area contributed by atoms with Crippen LogP contribution < -0.4 is 10.1 Å². The van der Waals surface area contributed by atoms with Crippen molar-refractivity contribution in [3.8, 4) is 0 Å². The van der Waals surface area contributed by atoms with Crippen molar-refractivity contribution in [2.75, 3.05) is 5.32 Å². The quantitative estimate of drug-likeness (QED) is 0.743. The lowest BCUT2D eigenvalue weighted by Crippen LogP contribution is -2.50. The summed E-state index contributed by atoms with van der Waals surface area (Å²) in [6.45, 7) is 0. The van der Waals surface area contributed by atoms with Crippen molar-refractivity contribution < 1.29 is 9.18 Å². The van der Waals surface area contributed by atoms with Gasteiger partial charge in [0.25, 0.3) is 0 Å².